The Morgan fingerprint density at radius 1 is 1.00 bits per heavy atom. The number of fused-ring (bicyclic) bond motifs is 1. The smallest absolute Gasteiger partial charge is 0.228 e. The van der Waals surface area contributed by atoms with Gasteiger partial charge < -0.3 is 15.6 Å². The predicted octanol–water partition coefficient (Wildman–Crippen LogP) is 3.43. The second-order valence-corrected chi connectivity index (χ2v) is 6.95. The van der Waals surface area contributed by atoms with Gasteiger partial charge in [0.25, 0.3) is 0 Å². The standard InChI is InChI=1S/C21H23N5O/c22-17-9-5-15(6-10-17)14-20(27)23-18-11-7-16(8-12-18)21-25-24-19-4-2-1-3-13-26(19)21/h5-12H,1-4,13-14,22H2,(H,23,27). The first-order valence-corrected chi connectivity index (χ1v) is 9.36. The first kappa shape index (κ1) is 17.3. The number of anilines is 2. The van der Waals surface area contributed by atoms with E-state index < -0.39 is 0 Å². The summed E-state index contributed by atoms with van der Waals surface area (Å²) < 4.78 is 2.22. The van der Waals surface area contributed by atoms with Crippen molar-refractivity contribution >= 4 is 17.3 Å². The van der Waals surface area contributed by atoms with Crippen molar-refractivity contribution in [3.05, 3.63) is 59.9 Å². The van der Waals surface area contributed by atoms with Gasteiger partial charge in [0, 0.05) is 29.9 Å². The van der Waals surface area contributed by atoms with Gasteiger partial charge >= 0.3 is 0 Å². The monoisotopic (exact) mass is 361 g/mol. The van der Waals surface area contributed by atoms with Crippen molar-refractivity contribution in [2.24, 2.45) is 0 Å². The largest absolute Gasteiger partial charge is 0.399 e. The number of amides is 1. The second-order valence-electron chi connectivity index (χ2n) is 6.95. The minimum Gasteiger partial charge on any atom is -0.399 e. The molecule has 1 aliphatic rings. The number of carbonyl (C=O) groups is 1. The van der Waals surface area contributed by atoms with Crippen LogP contribution in [0.3, 0.4) is 0 Å². The van der Waals surface area contributed by atoms with E-state index >= 15 is 0 Å². The minimum atomic E-state index is -0.0520. The molecule has 6 nitrogen and oxygen atoms in total. The summed E-state index contributed by atoms with van der Waals surface area (Å²) in [4.78, 5) is 12.2. The molecule has 0 saturated heterocycles. The highest BCUT2D eigenvalue weighted by molar-refractivity contribution is 5.92. The lowest BCUT2D eigenvalue weighted by atomic mass is 10.1. The SMILES string of the molecule is Nc1ccc(CC(=O)Nc2ccc(-c3nnc4n3CCCCC4)cc2)cc1. The van der Waals surface area contributed by atoms with Crippen molar-refractivity contribution < 1.29 is 4.79 Å². The van der Waals surface area contributed by atoms with Gasteiger partial charge in [0.2, 0.25) is 5.91 Å². The fraction of sp³-hybridized carbons (Fsp3) is 0.286. The molecule has 1 amide bonds. The summed E-state index contributed by atoms with van der Waals surface area (Å²) in [5, 5.41) is 11.7. The molecule has 0 unspecified atom stereocenters. The number of nitrogens with zero attached hydrogens (tertiary/aromatic N) is 3. The van der Waals surface area contributed by atoms with Gasteiger partial charge in [-0.15, -0.1) is 10.2 Å². The summed E-state index contributed by atoms with van der Waals surface area (Å²) in [5.41, 5.74) is 9.10. The maximum atomic E-state index is 12.2. The third-order valence-electron chi connectivity index (χ3n) is 4.88. The zero-order chi connectivity index (χ0) is 18.6. The average molecular weight is 361 g/mol. The molecule has 3 N–H and O–H groups in total. The van der Waals surface area contributed by atoms with Gasteiger partial charge in [-0.25, -0.2) is 0 Å². The van der Waals surface area contributed by atoms with E-state index in [0.29, 0.717) is 12.1 Å². The number of aromatic nitrogens is 3. The number of rotatable bonds is 4. The van der Waals surface area contributed by atoms with Gasteiger partial charge in [0.15, 0.2) is 5.82 Å². The van der Waals surface area contributed by atoms with Gasteiger partial charge in [0.05, 0.1) is 6.42 Å². The molecule has 6 heteroatoms. The second kappa shape index (κ2) is 7.61. The van der Waals surface area contributed by atoms with Crippen LogP contribution in [0.2, 0.25) is 0 Å². The number of hydrogen-bond donors (Lipinski definition) is 2. The maximum absolute atomic E-state index is 12.2. The molecule has 0 atom stereocenters. The lowest BCUT2D eigenvalue weighted by molar-refractivity contribution is -0.115. The highest BCUT2D eigenvalue weighted by atomic mass is 16.1. The molecule has 0 radical (unpaired) electrons. The zero-order valence-electron chi connectivity index (χ0n) is 15.2. The van der Waals surface area contributed by atoms with Crippen molar-refractivity contribution in [3.8, 4) is 11.4 Å². The first-order valence-electron chi connectivity index (χ1n) is 9.36. The number of benzene rings is 2. The van der Waals surface area contributed by atoms with E-state index in [1.165, 1.54) is 12.8 Å². The van der Waals surface area contributed by atoms with Crippen LogP contribution in [-0.4, -0.2) is 20.7 Å². The Labute approximate surface area is 158 Å². The van der Waals surface area contributed by atoms with E-state index in [9.17, 15) is 4.79 Å². The van der Waals surface area contributed by atoms with E-state index in [-0.39, 0.29) is 5.91 Å². The Morgan fingerprint density at radius 2 is 1.78 bits per heavy atom. The van der Waals surface area contributed by atoms with Crippen LogP contribution in [0.25, 0.3) is 11.4 Å². The lowest BCUT2D eigenvalue weighted by Crippen LogP contribution is -2.14. The summed E-state index contributed by atoms with van der Waals surface area (Å²) in [5.74, 6) is 1.93. The van der Waals surface area contributed by atoms with Crippen LogP contribution < -0.4 is 11.1 Å². The molecule has 3 aromatic rings. The van der Waals surface area contributed by atoms with E-state index in [0.717, 1.165) is 47.8 Å². The summed E-state index contributed by atoms with van der Waals surface area (Å²) in [6.45, 7) is 0.970. The van der Waals surface area contributed by atoms with Crippen LogP contribution in [0.1, 0.15) is 30.7 Å². The Kier molecular flexibility index (Phi) is 4.87. The lowest BCUT2D eigenvalue weighted by Gasteiger charge is -2.09. The maximum Gasteiger partial charge on any atom is 0.228 e. The molecule has 0 bridgehead atoms. The molecule has 0 fully saturated rings. The quantitative estimate of drug-likeness (QED) is 0.697. The number of nitrogen functional groups attached to an aromatic ring is 1. The van der Waals surface area contributed by atoms with Gasteiger partial charge in [-0.2, -0.15) is 0 Å². The molecule has 2 heterocycles. The number of carbonyl (C=O) groups excluding carboxylic acids is 1. The van der Waals surface area contributed by atoms with E-state index in [1.807, 2.05) is 36.4 Å². The average Bonchev–Trinajstić information content (AvgIpc) is 2.92. The van der Waals surface area contributed by atoms with Gasteiger partial charge in [-0.05, 0) is 54.8 Å². The van der Waals surface area contributed by atoms with Crippen LogP contribution >= 0.6 is 0 Å². The molecular formula is C21H23N5O. The summed E-state index contributed by atoms with van der Waals surface area (Å²) in [6, 6.07) is 15.1. The van der Waals surface area contributed by atoms with Gasteiger partial charge in [0.1, 0.15) is 5.82 Å². The number of aryl methyl sites for hydroxylation is 1. The molecule has 0 aliphatic carbocycles. The molecular weight excluding hydrogens is 338 g/mol. The van der Waals surface area contributed by atoms with Gasteiger partial charge in [-0.1, -0.05) is 18.6 Å². The number of nitrogens with two attached hydrogens (primary N) is 1. The molecule has 27 heavy (non-hydrogen) atoms. The van der Waals surface area contributed by atoms with Crippen LogP contribution in [0.4, 0.5) is 11.4 Å². The van der Waals surface area contributed by atoms with Crippen LogP contribution in [-0.2, 0) is 24.2 Å². The molecule has 1 aromatic heterocycles. The molecule has 1 aliphatic heterocycles. The summed E-state index contributed by atoms with van der Waals surface area (Å²) in [6.07, 6.45) is 4.89. The third kappa shape index (κ3) is 4.00. The molecule has 0 spiro atoms. The zero-order valence-corrected chi connectivity index (χ0v) is 15.2. The Hall–Kier alpha value is -3.15. The van der Waals surface area contributed by atoms with Crippen molar-refractivity contribution in [3.63, 3.8) is 0 Å². The third-order valence-corrected chi connectivity index (χ3v) is 4.88. The molecule has 4 rings (SSSR count). The van der Waals surface area contributed by atoms with Crippen molar-refractivity contribution in [2.75, 3.05) is 11.1 Å². The van der Waals surface area contributed by atoms with E-state index in [2.05, 4.69) is 20.1 Å². The fourth-order valence-electron chi connectivity index (χ4n) is 3.43. The number of nitrogens with one attached hydrogen (secondary N) is 1. The Balaban J connectivity index is 1.44. The van der Waals surface area contributed by atoms with Crippen LogP contribution in [0.15, 0.2) is 48.5 Å². The van der Waals surface area contributed by atoms with E-state index in [1.54, 1.807) is 12.1 Å². The van der Waals surface area contributed by atoms with Crippen LogP contribution in [0, 0.1) is 0 Å². The molecule has 138 valence electrons. The van der Waals surface area contributed by atoms with Crippen molar-refractivity contribution in [1.82, 2.24) is 14.8 Å². The van der Waals surface area contributed by atoms with E-state index in [4.69, 9.17) is 5.73 Å². The Morgan fingerprint density at radius 3 is 2.56 bits per heavy atom. The summed E-state index contributed by atoms with van der Waals surface area (Å²) in [7, 11) is 0. The fourth-order valence-corrected chi connectivity index (χ4v) is 3.43. The van der Waals surface area contributed by atoms with Crippen molar-refractivity contribution in [2.45, 2.75) is 38.6 Å². The van der Waals surface area contributed by atoms with Crippen LogP contribution in [0.5, 0.6) is 0 Å². The topological polar surface area (TPSA) is 85.8 Å². The summed E-state index contributed by atoms with van der Waals surface area (Å²) >= 11 is 0. The molecule has 2 aromatic carbocycles. The first-order chi connectivity index (χ1) is 13.2. The molecule has 0 saturated carbocycles. The normalized spacial score (nSPS) is 13.6. The predicted molar refractivity (Wildman–Crippen MR) is 106 cm³/mol. The minimum absolute atomic E-state index is 0.0520. The Bertz CT molecular complexity index is 928. The van der Waals surface area contributed by atoms with Crippen molar-refractivity contribution in [1.29, 1.82) is 0 Å². The highest BCUT2D eigenvalue weighted by Gasteiger charge is 2.16. The number of hydrogen-bond acceptors (Lipinski definition) is 4. The van der Waals surface area contributed by atoms with Gasteiger partial charge in [-0.3, -0.25) is 4.79 Å². The highest BCUT2D eigenvalue weighted by Crippen LogP contribution is 2.24.